The van der Waals surface area contributed by atoms with Gasteiger partial charge >= 0.3 is 6.36 Å². The maximum atomic E-state index is 12.3. The molecule has 0 saturated heterocycles. The van der Waals surface area contributed by atoms with E-state index in [1.54, 1.807) is 18.2 Å². The van der Waals surface area contributed by atoms with E-state index in [2.05, 4.69) is 14.5 Å². The van der Waals surface area contributed by atoms with Crippen LogP contribution < -0.4 is 4.74 Å². The molecule has 0 saturated carbocycles. The number of halogens is 3. The van der Waals surface area contributed by atoms with E-state index in [0.29, 0.717) is 17.4 Å². The van der Waals surface area contributed by atoms with E-state index in [0.717, 1.165) is 16.5 Å². The molecule has 3 rings (SSSR count). The van der Waals surface area contributed by atoms with Crippen LogP contribution in [0.3, 0.4) is 0 Å². The van der Waals surface area contributed by atoms with Crippen molar-refractivity contribution in [2.45, 2.75) is 13.0 Å². The van der Waals surface area contributed by atoms with E-state index < -0.39 is 6.36 Å². The van der Waals surface area contributed by atoms with Crippen LogP contribution in [0.1, 0.15) is 5.56 Å². The predicted molar refractivity (Wildman–Crippen MR) is 73.3 cm³/mol. The van der Waals surface area contributed by atoms with Gasteiger partial charge in [-0.1, -0.05) is 6.07 Å². The summed E-state index contributed by atoms with van der Waals surface area (Å²) in [5, 5.41) is 1.33. The first-order chi connectivity index (χ1) is 10.5. The van der Waals surface area contributed by atoms with Crippen LogP contribution in [-0.2, 0) is 16.1 Å². The Balaban J connectivity index is 2.08. The maximum Gasteiger partial charge on any atom is 0.573 e. The number of alkyl halides is 3. The SMILES string of the molecule is O=COCc1ccc2[nH]c3ccc(OC(F)(F)F)cc3c2c1. The van der Waals surface area contributed by atoms with E-state index in [-0.39, 0.29) is 12.4 Å². The lowest BCUT2D eigenvalue weighted by atomic mass is 10.1. The highest BCUT2D eigenvalue weighted by atomic mass is 19.4. The average molecular weight is 309 g/mol. The zero-order chi connectivity index (χ0) is 15.7. The molecule has 0 aliphatic rings. The third kappa shape index (κ3) is 2.83. The molecule has 0 aliphatic heterocycles. The predicted octanol–water partition coefficient (Wildman–Crippen LogP) is 3.89. The summed E-state index contributed by atoms with van der Waals surface area (Å²) in [6.07, 6.45) is -4.73. The van der Waals surface area contributed by atoms with Crippen molar-refractivity contribution in [2.75, 3.05) is 0 Å². The monoisotopic (exact) mass is 309 g/mol. The van der Waals surface area contributed by atoms with Crippen molar-refractivity contribution >= 4 is 28.3 Å². The minimum Gasteiger partial charge on any atom is -0.463 e. The van der Waals surface area contributed by atoms with Gasteiger partial charge in [0.05, 0.1) is 0 Å². The highest BCUT2D eigenvalue weighted by Crippen LogP contribution is 2.31. The molecule has 2 aromatic carbocycles. The van der Waals surface area contributed by atoms with Gasteiger partial charge in [-0.2, -0.15) is 0 Å². The second-order valence-corrected chi connectivity index (χ2v) is 4.67. The summed E-state index contributed by atoms with van der Waals surface area (Å²) in [6, 6.07) is 9.41. The topological polar surface area (TPSA) is 51.3 Å². The Labute approximate surface area is 122 Å². The van der Waals surface area contributed by atoms with Crippen LogP contribution in [-0.4, -0.2) is 17.8 Å². The van der Waals surface area contributed by atoms with Crippen molar-refractivity contribution in [3.8, 4) is 5.75 Å². The number of ether oxygens (including phenoxy) is 2. The molecule has 22 heavy (non-hydrogen) atoms. The average Bonchev–Trinajstić information content (AvgIpc) is 2.81. The number of aromatic amines is 1. The number of nitrogens with one attached hydrogen (secondary N) is 1. The Hall–Kier alpha value is -2.70. The number of hydrogen-bond donors (Lipinski definition) is 1. The van der Waals surface area contributed by atoms with Gasteiger partial charge in [0.1, 0.15) is 12.4 Å². The van der Waals surface area contributed by atoms with Crippen molar-refractivity contribution in [2.24, 2.45) is 0 Å². The largest absolute Gasteiger partial charge is 0.573 e. The first kappa shape index (κ1) is 14.2. The van der Waals surface area contributed by atoms with Crippen molar-refractivity contribution in [1.82, 2.24) is 4.98 Å². The first-order valence-corrected chi connectivity index (χ1v) is 6.31. The minimum atomic E-state index is -4.73. The molecule has 0 radical (unpaired) electrons. The van der Waals surface area contributed by atoms with Gasteiger partial charge < -0.3 is 14.5 Å². The fourth-order valence-electron chi connectivity index (χ4n) is 2.34. The summed E-state index contributed by atoms with van der Waals surface area (Å²) in [6.45, 7) is 0.444. The molecule has 4 nitrogen and oxygen atoms in total. The third-order valence-electron chi connectivity index (χ3n) is 3.19. The van der Waals surface area contributed by atoms with Crippen molar-refractivity contribution < 1.29 is 27.4 Å². The van der Waals surface area contributed by atoms with Crippen LogP contribution in [0.15, 0.2) is 36.4 Å². The summed E-state index contributed by atoms with van der Waals surface area (Å²) in [5.41, 5.74) is 2.20. The van der Waals surface area contributed by atoms with Crippen LogP contribution in [0.25, 0.3) is 21.8 Å². The summed E-state index contributed by atoms with van der Waals surface area (Å²) >= 11 is 0. The van der Waals surface area contributed by atoms with Crippen LogP contribution in [0, 0.1) is 0 Å². The molecule has 0 amide bonds. The first-order valence-electron chi connectivity index (χ1n) is 6.31. The van der Waals surface area contributed by atoms with E-state index in [1.165, 1.54) is 18.2 Å². The molecular weight excluding hydrogens is 299 g/mol. The van der Waals surface area contributed by atoms with E-state index in [4.69, 9.17) is 0 Å². The molecular formula is C15H10F3NO3. The molecule has 114 valence electrons. The number of carbonyl (C=O) groups is 1. The second kappa shape index (κ2) is 5.25. The molecule has 0 fully saturated rings. The number of rotatable bonds is 4. The van der Waals surface area contributed by atoms with Crippen molar-refractivity contribution in [3.05, 3.63) is 42.0 Å². The lowest BCUT2D eigenvalue weighted by molar-refractivity contribution is -0.274. The standard InChI is InChI=1S/C15H10F3NO3/c16-15(17,18)22-10-2-4-14-12(6-10)11-5-9(7-21-8-20)1-3-13(11)19-14/h1-6,8,19H,7H2. The lowest BCUT2D eigenvalue weighted by Gasteiger charge is -2.08. The summed E-state index contributed by atoms with van der Waals surface area (Å²) in [4.78, 5) is 13.3. The molecule has 0 bridgehead atoms. The second-order valence-electron chi connectivity index (χ2n) is 4.67. The third-order valence-corrected chi connectivity index (χ3v) is 3.19. The molecule has 0 atom stereocenters. The van der Waals surface area contributed by atoms with Crippen molar-refractivity contribution in [3.63, 3.8) is 0 Å². The van der Waals surface area contributed by atoms with Gasteiger partial charge in [0, 0.05) is 21.8 Å². The molecule has 1 heterocycles. The van der Waals surface area contributed by atoms with Gasteiger partial charge in [-0.25, -0.2) is 0 Å². The van der Waals surface area contributed by atoms with Crippen molar-refractivity contribution in [1.29, 1.82) is 0 Å². The number of hydrogen-bond acceptors (Lipinski definition) is 3. The Morgan fingerprint density at radius 3 is 2.41 bits per heavy atom. The number of benzene rings is 2. The zero-order valence-electron chi connectivity index (χ0n) is 11.1. The fourth-order valence-corrected chi connectivity index (χ4v) is 2.34. The highest BCUT2D eigenvalue weighted by molar-refractivity contribution is 6.07. The molecule has 1 N–H and O–H groups in total. The quantitative estimate of drug-likeness (QED) is 0.744. The van der Waals surface area contributed by atoms with E-state index >= 15 is 0 Å². The van der Waals surface area contributed by atoms with Gasteiger partial charge in [0.2, 0.25) is 0 Å². The van der Waals surface area contributed by atoms with Gasteiger partial charge in [-0.15, -0.1) is 13.2 Å². The number of aromatic nitrogens is 1. The van der Waals surface area contributed by atoms with Crippen LogP contribution in [0.2, 0.25) is 0 Å². The smallest absolute Gasteiger partial charge is 0.463 e. The Kier molecular flexibility index (Phi) is 3.40. The molecule has 0 spiro atoms. The zero-order valence-corrected chi connectivity index (χ0v) is 11.1. The number of carbonyl (C=O) groups excluding carboxylic acids is 1. The van der Waals surface area contributed by atoms with Gasteiger partial charge in [-0.3, -0.25) is 4.79 Å². The van der Waals surface area contributed by atoms with E-state index in [9.17, 15) is 18.0 Å². The minimum absolute atomic E-state index is 0.102. The van der Waals surface area contributed by atoms with Gasteiger partial charge in [0.25, 0.3) is 6.47 Å². The van der Waals surface area contributed by atoms with Crippen LogP contribution >= 0.6 is 0 Å². The molecule has 1 aromatic heterocycles. The summed E-state index contributed by atoms with van der Waals surface area (Å²) < 4.78 is 45.5. The maximum absolute atomic E-state index is 12.3. The molecule has 7 heteroatoms. The highest BCUT2D eigenvalue weighted by Gasteiger charge is 2.31. The van der Waals surface area contributed by atoms with E-state index in [1.807, 2.05) is 0 Å². The summed E-state index contributed by atoms with van der Waals surface area (Å²) in [7, 11) is 0. The van der Waals surface area contributed by atoms with Crippen LogP contribution in [0.5, 0.6) is 5.75 Å². The number of fused-ring (bicyclic) bond motifs is 3. The lowest BCUT2D eigenvalue weighted by Crippen LogP contribution is -2.16. The Bertz CT molecular complexity index is 839. The molecule has 0 aliphatic carbocycles. The molecule has 0 unspecified atom stereocenters. The Morgan fingerprint density at radius 1 is 1.05 bits per heavy atom. The van der Waals surface area contributed by atoms with Gasteiger partial charge in [-0.05, 0) is 35.9 Å². The normalized spacial score (nSPS) is 11.8. The van der Waals surface area contributed by atoms with Crippen LogP contribution in [0.4, 0.5) is 13.2 Å². The van der Waals surface area contributed by atoms with Gasteiger partial charge in [0.15, 0.2) is 0 Å². The molecule has 3 aromatic rings. The number of H-pyrrole nitrogens is 1. The Morgan fingerprint density at radius 2 is 1.73 bits per heavy atom. The fraction of sp³-hybridized carbons (Fsp3) is 0.133. The summed E-state index contributed by atoms with van der Waals surface area (Å²) in [5.74, 6) is -0.282.